The molecule has 0 spiro atoms. The van der Waals surface area contributed by atoms with E-state index < -0.39 is 84.9 Å². The van der Waals surface area contributed by atoms with E-state index in [1.165, 1.54) is 6.92 Å². The Morgan fingerprint density at radius 3 is 1.33 bits per heavy atom. The van der Waals surface area contributed by atoms with E-state index in [4.69, 9.17) is 56.8 Å². The molecular formula is C67H74O15. The van der Waals surface area contributed by atoms with Crippen LogP contribution in [-0.2, 0) is 92.9 Å². The molecule has 0 bridgehead atoms. The number of rotatable bonds is 26. The summed E-state index contributed by atoms with van der Waals surface area (Å²) in [5, 5.41) is 0. The Bertz CT molecular complexity index is 2910. The predicted octanol–water partition coefficient (Wildman–Crippen LogP) is 11.6. The first-order valence-electron chi connectivity index (χ1n) is 28.1. The predicted molar refractivity (Wildman–Crippen MR) is 305 cm³/mol. The van der Waals surface area contributed by atoms with Gasteiger partial charge in [0.1, 0.15) is 49.8 Å². The second-order valence-corrected chi connectivity index (χ2v) is 21.6. The molecule has 3 aliphatic rings. The molecule has 1 aliphatic carbocycles. The SMILES string of the molecule is C=CCCCO[C@@H]1O[C@H](CO[C@H]2O[C@H](COC(=O)OCC3c4ccccc4-c4ccccc43)[C@@H](OCc3ccccc3)[C@H](OCc3ccccc3)[C@@H]2OC(C)=O)[C@@H](OCc2ccccc2)[C@H](OCc2ccccc2)[C@H]1OC(=O)C(C)(C)C. The van der Waals surface area contributed by atoms with E-state index in [1.807, 2.05) is 158 Å². The average molecular weight is 1120 g/mol. The van der Waals surface area contributed by atoms with Crippen molar-refractivity contribution in [2.24, 2.45) is 5.41 Å². The quantitative estimate of drug-likeness (QED) is 0.0218. The fourth-order valence-corrected chi connectivity index (χ4v) is 10.3. The Balaban J connectivity index is 1.04. The fraction of sp³-hybridized carbons (Fsp3) is 0.388. The molecule has 6 aromatic carbocycles. The van der Waals surface area contributed by atoms with Crippen LogP contribution in [0.3, 0.4) is 0 Å². The van der Waals surface area contributed by atoms with Gasteiger partial charge in [0.25, 0.3) is 0 Å². The fourth-order valence-electron chi connectivity index (χ4n) is 10.3. The first-order valence-corrected chi connectivity index (χ1v) is 28.1. The summed E-state index contributed by atoms with van der Waals surface area (Å²) in [5.41, 5.74) is 6.76. The van der Waals surface area contributed by atoms with Crippen LogP contribution in [0.5, 0.6) is 0 Å². The number of hydrogen-bond donors (Lipinski definition) is 0. The van der Waals surface area contributed by atoms with E-state index in [0.29, 0.717) is 12.8 Å². The number of unbranched alkanes of at least 4 members (excludes halogenated alkanes) is 1. The van der Waals surface area contributed by atoms with Gasteiger partial charge < -0.3 is 56.8 Å². The summed E-state index contributed by atoms with van der Waals surface area (Å²) in [4.78, 5) is 41.2. The third-order valence-corrected chi connectivity index (χ3v) is 14.4. The number of allylic oxidation sites excluding steroid dienone is 1. The molecule has 0 amide bonds. The standard InChI is InChI=1S/C67H74O15/c1-6-7-24-37-71-63-62(82-65(69)67(3,4)5)60(75-41-49-31-18-11-19-32-49)57(72-38-46-25-12-8-13-26-46)55(80-63)43-76-64-61(79-45(2)68)59(74-40-48-29-16-10-17-30-48)58(73-39-47-27-14-9-15-28-47)56(81-64)44-78-66(70)77-42-54-52-35-22-20-33-50(52)51-34-21-23-36-53(51)54/h6,8-23,25-36,54-64H,1,7,24,37-44H2,2-5H3/t55-,56-,57-,58-,59+,60+,61+,62-,63-,64+/m1/s1. The van der Waals surface area contributed by atoms with Gasteiger partial charge in [0, 0.05) is 12.8 Å². The van der Waals surface area contributed by atoms with Gasteiger partial charge in [-0.25, -0.2) is 4.79 Å². The van der Waals surface area contributed by atoms with Crippen LogP contribution in [0.15, 0.2) is 183 Å². The van der Waals surface area contributed by atoms with Crippen LogP contribution in [0.2, 0.25) is 0 Å². The summed E-state index contributed by atoms with van der Waals surface area (Å²) in [6, 6.07) is 54.5. The van der Waals surface area contributed by atoms with Crippen molar-refractivity contribution in [2.45, 2.75) is 134 Å². The zero-order valence-electron chi connectivity index (χ0n) is 47.0. The van der Waals surface area contributed by atoms with Gasteiger partial charge in [0.05, 0.1) is 45.1 Å². The molecule has 2 heterocycles. The van der Waals surface area contributed by atoms with Crippen LogP contribution in [0.1, 0.15) is 79.8 Å². The summed E-state index contributed by atoms with van der Waals surface area (Å²) < 4.78 is 78.7. The Morgan fingerprint density at radius 1 is 0.476 bits per heavy atom. The van der Waals surface area contributed by atoms with Crippen molar-refractivity contribution in [2.75, 3.05) is 26.4 Å². The van der Waals surface area contributed by atoms with Crippen molar-refractivity contribution in [3.05, 3.63) is 216 Å². The van der Waals surface area contributed by atoms with Crippen LogP contribution in [-0.4, -0.2) is 106 Å². The largest absolute Gasteiger partial charge is 0.508 e. The lowest BCUT2D eigenvalue weighted by Crippen LogP contribution is -2.64. The molecule has 15 heteroatoms. The van der Waals surface area contributed by atoms with Crippen LogP contribution in [0.4, 0.5) is 4.79 Å². The highest BCUT2D eigenvalue weighted by molar-refractivity contribution is 5.79. The molecule has 0 aromatic heterocycles. The number of hydrogen-bond acceptors (Lipinski definition) is 15. The maximum atomic E-state index is 14.0. The van der Waals surface area contributed by atoms with E-state index in [-0.39, 0.29) is 58.8 Å². The van der Waals surface area contributed by atoms with Gasteiger partial charge in [0.2, 0.25) is 0 Å². The number of carbonyl (C=O) groups excluding carboxylic acids is 3. The van der Waals surface area contributed by atoms with Gasteiger partial charge in [0.15, 0.2) is 24.8 Å². The molecule has 15 nitrogen and oxygen atoms in total. The van der Waals surface area contributed by atoms with Crippen molar-refractivity contribution in [1.29, 1.82) is 0 Å². The molecule has 2 saturated heterocycles. The lowest BCUT2D eigenvalue weighted by Gasteiger charge is -2.47. The number of benzene rings is 6. The van der Waals surface area contributed by atoms with Crippen LogP contribution >= 0.6 is 0 Å². The van der Waals surface area contributed by atoms with Crippen LogP contribution in [0, 0.1) is 5.41 Å². The summed E-state index contributed by atoms with van der Waals surface area (Å²) in [5.74, 6) is -1.36. The summed E-state index contributed by atoms with van der Waals surface area (Å²) in [6.45, 7) is 10.5. The lowest BCUT2D eigenvalue weighted by atomic mass is 9.95. The van der Waals surface area contributed by atoms with Crippen molar-refractivity contribution in [3.8, 4) is 11.1 Å². The maximum Gasteiger partial charge on any atom is 0.508 e. The molecule has 0 saturated carbocycles. The average Bonchev–Trinajstić information content (AvgIpc) is 4.01. The van der Waals surface area contributed by atoms with E-state index in [9.17, 15) is 14.4 Å². The summed E-state index contributed by atoms with van der Waals surface area (Å²) in [6.07, 6.45) is -9.00. The Morgan fingerprint density at radius 2 is 0.878 bits per heavy atom. The third kappa shape index (κ3) is 15.9. The maximum absolute atomic E-state index is 14.0. The lowest BCUT2D eigenvalue weighted by molar-refractivity contribution is -0.346. The molecule has 432 valence electrons. The second kappa shape index (κ2) is 29.3. The number of fused-ring (bicyclic) bond motifs is 3. The van der Waals surface area contributed by atoms with Gasteiger partial charge in [-0.2, -0.15) is 0 Å². The first-order chi connectivity index (χ1) is 39.9. The molecule has 82 heavy (non-hydrogen) atoms. The molecular weight excluding hydrogens is 1040 g/mol. The highest BCUT2D eigenvalue weighted by Gasteiger charge is 2.54. The van der Waals surface area contributed by atoms with Crippen molar-refractivity contribution in [3.63, 3.8) is 0 Å². The number of ether oxygens (including phenoxy) is 12. The minimum Gasteiger partial charge on any atom is -0.454 e. The highest BCUT2D eigenvalue weighted by Crippen LogP contribution is 2.45. The Labute approximate surface area is 480 Å². The van der Waals surface area contributed by atoms with Gasteiger partial charge in [-0.3, -0.25) is 9.59 Å². The second-order valence-electron chi connectivity index (χ2n) is 21.6. The minimum absolute atomic E-state index is 0.0234. The molecule has 2 fully saturated rings. The topological polar surface area (TPSA) is 162 Å². The van der Waals surface area contributed by atoms with E-state index in [0.717, 1.165) is 44.5 Å². The first kappa shape index (κ1) is 59.6. The Hall–Kier alpha value is -7.05. The van der Waals surface area contributed by atoms with E-state index in [1.54, 1.807) is 26.8 Å². The van der Waals surface area contributed by atoms with Crippen molar-refractivity contribution < 1.29 is 71.2 Å². The van der Waals surface area contributed by atoms with Gasteiger partial charge >= 0.3 is 18.1 Å². The van der Waals surface area contributed by atoms with E-state index in [2.05, 4.69) is 18.7 Å². The van der Waals surface area contributed by atoms with Gasteiger partial charge in [-0.05, 0) is 78.1 Å². The summed E-state index contributed by atoms with van der Waals surface area (Å²) >= 11 is 0. The highest BCUT2D eigenvalue weighted by atomic mass is 16.8. The summed E-state index contributed by atoms with van der Waals surface area (Å²) in [7, 11) is 0. The molecule has 0 radical (unpaired) electrons. The Kier molecular flexibility index (Phi) is 21.3. The molecule has 10 atom stereocenters. The number of carbonyl (C=O) groups is 3. The minimum atomic E-state index is -1.40. The van der Waals surface area contributed by atoms with Crippen LogP contribution < -0.4 is 0 Å². The molecule has 6 aromatic rings. The normalized spacial score (nSPS) is 23.2. The smallest absolute Gasteiger partial charge is 0.454 e. The van der Waals surface area contributed by atoms with E-state index >= 15 is 0 Å². The number of esters is 2. The van der Waals surface area contributed by atoms with Crippen molar-refractivity contribution >= 4 is 18.1 Å². The van der Waals surface area contributed by atoms with Gasteiger partial charge in [-0.1, -0.05) is 176 Å². The molecule has 0 unspecified atom stereocenters. The monoisotopic (exact) mass is 1120 g/mol. The third-order valence-electron chi connectivity index (χ3n) is 14.4. The van der Waals surface area contributed by atoms with Gasteiger partial charge in [-0.15, -0.1) is 6.58 Å². The molecule has 0 N–H and O–H groups in total. The molecule has 2 aliphatic heterocycles. The molecule has 9 rings (SSSR count). The zero-order valence-corrected chi connectivity index (χ0v) is 47.0. The zero-order chi connectivity index (χ0) is 57.3. The van der Waals surface area contributed by atoms with Crippen molar-refractivity contribution in [1.82, 2.24) is 0 Å². The van der Waals surface area contributed by atoms with Crippen LogP contribution in [0.25, 0.3) is 11.1 Å².